The van der Waals surface area contributed by atoms with Crippen molar-refractivity contribution in [1.29, 1.82) is 5.26 Å². The minimum Gasteiger partial charge on any atom is -0.478 e. The summed E-state index contributed by atoms with van der Waals surface area (Å²) >= 11 is 0. The molecule has 2 amide bonds. The van der Waals surface area contributed by atoms with E-state index in [1.54, 1.807) is 60.7 Å². The van der Waals surface area contributed by atoms with Crippen LogP contribution in [0.25, 0.3) is 33.7 Å². The molecule has 3 aromatic carbocycles. The Bertz CT molecular complexity index is 1980. The van der Waals surface area contributed by atoms with Gasteiger partial charge in [0.1, 0.15) is 17.4 Å². The number of aromatic nitrogens is 2. The number of carbonyl (C=O) groups is 3. The molecule has 224 valence electrons. The molecule has 0 unspecified atom stereocenters. The number of benzene rings is 3. The predicted molar refractivity (Wildman–Crippen MR) is 165 cm³/mol. The number of aromatic carboxylic acids is 1. The van der Waals surface area contributed by atoms with Gasteiger partial charge in [0.15, 0.2) is 5.58 Å². The molecule has 3 heterocycles. The van der Waals surface area contributed by atoms with Gasteiger partial charge in [-0.1, -0.05) is 32.0 Å². The standard InChI is InChI=1S/C34H27N5O6/c1-19(2)27-13-20(15-35)14-28-30(27)45-32(38-28)22-9-7-21(8-10-22)31(40)37-17-24-18-39(34(43)44-24)29-12-11-23(16-36-29)25-5-3-4-6-26(25)33(41)42/h3-14,16,19,24H,17-18H2,1-2H3,(H,37,40)(H,41,42)/t24-/m1/s1. The Balaban J connectivity index is 1.08. The summed E-state index contributed by atoms with van der Waals surface area (Å²) in [5.41, 5.74) is 5.01. The predicted octanol–water partition coefficient (Wildman–Crippen LogP) is 6.01. The fourth-order valence-electron chi connectivity index (χ4n) is 5.19. The Hall–Kier alpha value is -6.02. The van der Waals surface area contributed by atoms with Gasteiger partial charge < -0.3 is 19.6 Å². The summed E-state index contributed by atoms with van der Waals surface area (Å²) in [5, 5.41) is 21.7. The van der Waals surface area contributed by atoms with Gasteiger partial charge >= 0.3 is 12.1 Å². The molecular formula is C34H27N5O6. The lowest BCUT2D eigenvalue weighted by Crippen LogP contribution is -2.34. The van der Waals surface area contributed by atoms with Crippen molar-refractivity contribution >= 4 is 34.9 Å². The van der Waals surface area contributed by atoms with E-state index in [2.05, 4.69) is 21.4 Å². The third-order valence-corrected chi connectivity index (χ3v) is 7.52. The molecule has 0 bridgehead atoms. The summed E-state index contributed by atoms with van der Waals surface area (Å²) in [6.45, 7) is 4.32. The maximum absolute atomic E-state index is 12.9. The van der Waals surface area contributed by atoms with Gasteiger partial charge in [-0.25, -0.2) is 19.6 Å². The monoisotopic (exact) mass is 601 g/mol. The van der Waals surface area contributed by atoms with Crippen molar-refractivity contribution in [2.75, 3.05) is 18.0 Å². The van der Waals surface area contributed by atoms with Crippen LogP contribution in [0.1, 0.15) is 51.6 Å². The lowest BCUT2D eigenvalue weighted by Gasteiger charge is -2.13. The fourth-order valence-corrected chi connectivity index (χ4v) is 5.19. The van der Waals surface area contributed by atoms with E-state index in [0.717, 1.165) is 5.56 Å². The van der Waals surface area contributed by atoms with Crippen molar-refractivity contribution < 1.29 is 28.6 Å². The number of cyclic esters (lactones) is 1. The van der Waals surface area contributed by atoms with Crippen LogP contribution in [0.5, 0.6) is 0 Å². The Morgan fingerprint density at radius 2 is 1.84 bits per heavy atom. The first kappa shape index (κ1) is 29.1. The second kappa shape index (κ2) is 11.9. The number of nitrogens with zero attached hydrogens (tertiary/aromatic N) is 4. The number of anilines is 1. The minimum atomic E-state index is -1.04. The van der Waals surface area contributed by atoms with Gasteiger partial charge in [-0.05, 0) is 66.1 Å². The summed E-state index contributed by atoms with van der Waals surface area (Å²) in [4.78, 5) is 47.3. The number of ether oxygens (including phenoxy) is 1. The van der Waals surface area contributed by atoms with Gasteiger partial charge in [0.05, 0.1) is 30.3 Å². The van der Waals surface area contributed by atoms with E-state index in [1.807, 2.05) is 19.9 Å². The molecule has 1 fully saturated rings. The zero-order chi connectivity index (χ0) is 31.7. The highest BCUT2D eigenvalue weighted by molar-refractivity contribution is 5.96. The van der Waals surface area contributed by atoms with Crippen LogP contribution in [0.3, 0.4) is 0 Å². The second-order valence-electron chi connectivity index (χ2n) is 10.9. The fraction of sp³-hybridized carbons (Fsp3) is 0.176. The second-order valence-corrected chi connectivity index (χ2v) is 10.9. The zero-order valence-electron chi connectivity index (χ0n) is 24.4. The van der Waals surface area contributed by atoms with Crippen LogP contribution in [0.2, 0.25) is 0 Å². The van der Waals surface area contributed by atoms with Gasteiger partial charge in [-0.2, -0.15) is 5.26 Å². The van der Waals surface area contributed by atoms with Crippen LogP contribution in [-0.4, -0.2) is 52.2 Å². The van der Waals surface area contributed by atoms with E-state index in [4.69, 9.17) is 9.15 Å². The van der Waals surface area contributed by atoms with Crippen LogP contribution in [-0.2, 0) is 4.74 Å². The van der Waals surface area contributed by atoms with Crippen molar-refractivity contribution in [3.63, 3.8) is 0 Å². The van der Waals surface area contributed by atoms with E-state index in [1.165, 1.54) is 17.2 Å². The first-order chi connectivity index (χ1) is 21.7. The van der Waals surface area contributed by atoms with Crippen molar-refractivity contribution in [3.8, 4) is 28.7 Å². The van der Waals surface area contributed by atoms with Gasteiger partial charge in [0.25, 0.3) is 5.91 Å². The van der Waals surface area contributed by atoms with Crippen LogP contribution >= 0.6 is 0 Å². The zero-order valence-corrected chi connectivity index (χ0v) is 24.4. The largest absolute Gasteiger partial charge is 0.478 e. The molecule has 0 saturated carbocycles. The summed E-state index contributed by atoms with van der Waals surface area (Å²) in [6.07, 6.45) is 0.324. The molecule has 1 atom stereocenters. The highest BCUT2D eigenvalue weighted by Gasteiger charge is 2.33. The van der Waals surface area contributed by atoms with E-state index in [-0.39, 0.29) is 30.5 Å². The Kier molecular flexibility index (Phi) is 7.71. The Morgan fingerprint density at radius 1 is 1.09 bits per heavy atom. The maximum Gasteiger partial charge on any atom is 0.416 e. The SMILES string of the molecule is CC(C)c1cc(C#N)cc2nc(-c3ccc(C(=O)NC[C@@H]4CN(c5ccc(-c6ccccc6C(=O)O)cn5)C(=O)O4)cc3)oc12. The molecule has 0 radical (unpaired) electrons. The number of rotatable bonds is 8. The lowest BCUT2D eigenvalue weighted by atomic mass is 10.00. The number of nitrogens with one attached hydrogen (secondary N) is 1. The topological polar surface area (TPSA) is 159 Å². The molecule has 1 saturated heterocycles. The molecule has 2 N–H and O–H groups in total. The number of carbonyl (C=O) groups excluding carboxylic acids is 2. The van der Waals surface area contributed by atoms with Crippen molar-refractivity contribution in [2.45, 2.75) is 25.9 Å². The summed E-state index contributed by atoms with van der Waals surface area (Å²) in [6, 6.07) is 22.4. The molecule has 6 rings (SSSR count). The van der Waals surface area contributed by atoms with Crippen molar-refractivity contribution in [3.05, 3.63) is 101 Å². The molecular weight excluding hydrogens is 574 g/mol. The number of carboxylic acid groups (broad SMARTS) is 1. The number of oxazole rings is 1. The van der Waals surface area contributed by atoms with Gasteiger partial charge in [-0.15, -0.1) is 0 Å². The lowest BCUT2D eigenvalue weighted by molar-refractivity contribution is 0.0697. The molecule has 5 aromatic rings. The van der Waals surface area contributed by atoms with Gasteiger partial charge in [0, 0.05) is 28.5 Å². The minimum absolute atomic E-state index is 0.0945. The van der Waals surface area contributed by atoms with Crippen LogP contribution in [0.15, 0.2) is 83.4 Å². The van der Waals surface area contributed by atoms with E-state index in [0.29, 0.717) is 50.6 Å². The van der Waals surface area contributed by atoms with Crippen LogP contribution in [0.4, 0.5) is 10.6 Å². The number of nitriles is 1. The van der Waals surface area contributed by atoms with E-state index < -0.39 is 18.2 Å². The number of hydrogen-bond donors (Lipinski definition) is 2. The number of amides is 2. The van der Waals surface area contributed by atoms with Gasteiger partial charge in [-0.3, -0.25) is 9.69 Å². The summed E-state index contributed by atoms with van der Waals surface area (Å²) in [5.74, 6) is -0.500. The van der Waals surface area contributed by atoms with E-state index in [9.17, 15) is 24.8 Å². The number of pyridine rings is 1. The summed E-state index contributed by atoms with van der Waals surface area (Å²) in [7, 11) is 0. The average Bonchev–Trinajstić information content (AvgIpc) is 3.66. The molecule has 0 spiro atoms. The number of carboxylic acids is 1. The Labute approximate surface area is 257 Å². The maximum atomic E-state index is 12.9. The number of fused-ring (bicyclic) bond motifs is 1. The average molecular weight is 602 g/mol. The Morgan fingerprint density at radius 3 is 2.53 bits per heavy atom. The van der Waals surface area contributed by atoms with Crippen molar-refractivity contribution in [1.82, 2.24) is 15.3 Å². The summed E-state index contributed by atoms with van der Waals surface area (Å²) < 4.78 is 11.5. The molecule has 2 aromatic heterocycles. The highest BCUT2D eigenvalue weighted by atomic mass is 16.6. The first-order valence-corrected chi connectivity index (χ1v) is 14.2. The van der Waals surface area contributed by atoms with Gasteiger partial charge in [0.2, 0.25) is 5.89 Å². The first-order valence-electron chi connectivity index (χ1n) is 14.2. The highest BCUT2D eigenvalue weighted by Crippen LogP contribution is 2.32. The third kappa shape index (κ3) is 5.81. The van der Waals surface area contributed by atoms with Crippen LogP contribution in [0, 0.1) is 11.3 Å². The molecule has 11 nitrogen and oxygen atoms in total. The van der Waals surface area contributed by atoms with Crippen molar-refractivity contribution in [2.24, 2.45) is 0 Å². The molecule has 1 aliphatic rings. The van der Waals surface area contributed by atoms with E-state index >= 15 is 0 Å². The molecule has 45 heavy (non-hydrogen) atoms. The quantitative estimate of drug-likeness (QED) is 0.217. The smallest absolute Gasteiger partial charge is 0.416 e. The third-order valence-electron chi connectivity index (χ3n) is 7.52. The number of hydrogen-bond acceptors (Lipinski definition) is 8. The molecule has 11 heteroatoms. The van der Waals surface area contributed by atoms with Crippen LogP contribution < -0.4 is 10.2 Å². The molecule has 0 aliphatic carbocycles. The molecule has 1 aliphatic heterocycles. The normalized spacial score (nSPS) is 14.4.